The fourth-order valence-electron chi connectivity index (χ4n) is 2.94. The van der Waals surface area contributed by atoms with Crippen LogP contribution in [-0.4, -0.2) is 5.78 Å². The van der Waals surface area contributed by atoms with E-state index in [9.17, 15) is 4.79 Å². The molecule has 2 nitrogen and oxygen atoms in total. The molecule has 0 N–H and O–H groups in total. The normalized spacial score (nSPS) is 13.6. The van der Waals surface area contributed by atoms with Crippen LogP contribution < -0.4 is 0 Å². The largest absolute Gasteiger partial charge is 0.365 e. The number of benzene rings is 2. The van der Waals surface area contributed by atoms with Crippen LogP contribution in [0.2, 0.25) is 0 Å². The zero-order valence-corrected chi connectivity index (χ0v) is 13.7. The fourth-order valence-corrected chi connectivity index (χ4v) is 2.94. The van der Waals surface area contributed by atoms with E-state index in [0.29, 0.717) is 17.8 Å². The fraction of sp³-hybridized carbons (Fsp3) is 0.0435. The lowest BCUT2D eigenvalue weighted by Gasteiger charge is -2.04. The van der Waals surface area contributed by atoms with Crippen molar-refractivity contribution in [2.75, 3.05) is 0 Å². The van der Waals surface area contributed by atoms with Gasteiger partial charge in [-0.2, -0.15) is 0 Å². The van der Waals surface area contributed by atoms with Gasteiger partial charge in [-0.25, -0.2) is 4.42 Å². The predicted octanol–water partition coefficient (Wildman–Crippen LogP) is 5.81. The van der Waals surface area contributed by atoms with Crippen molar-refractivity contribution in [1.29, 1.82) is 0 Å². The van der Waals surface area contributed by atoms with Crippen molar-refractivity contribution in [2.24, 2.45) is 0 Å². The van der Waals surface area contributed by atoms with Crippen LogP contribution in [0.1, 0.15) is 12.2 Å². The van der Waals surface area contributed by atoms with E-state index in [1.807, 2.05) is 78.9 Å². The molecule has 0 fully saturated rings. The standard InChI is InChI=1S/C23H17O2/c24-21-14-8-7-13-20(21)23-16-19(17-9-3-1-4-10-17)15-22(25-23)18-11-5-2-6-12-18/h1-13,15-16H,14H2/q+1. The van der Waals surface area contributed by atoms with Crippen molar-refractivity contribution in [3.63, 3.8) is 0 Å². The van der Waals surface area contributed by atoms with E-state index in [1.54, 1.807) is 0 Å². The van der Waals surface area contributed by atoms with E-state index >= 15 is 0 Å². The molecule has 1 heterocycles. The number of ketones is 1. The van der Waals surface area contributed by atoms with Crippen molar-refractivity contribution in [2.45, 2.75) is 6.42 Å². The number of allylic oxidation sites excluding steroid dienone is 4. The lowest BCUT2D eigenvalue weighted by atomic mass is 9.97. The lowest BCUT2D eigenvalue weighted by molar-refractivity contribution is -0.113. The maximum absolute atomic E-state index is 12.3. The average Bonchev–Trinajstić information content (AvgIpc) is 2.69. The third kappa shape index (κ3) is 3.20. The topological polar surface area (TPSA) is 28.4 Å². The van der Waals surface area contributed by atoms with E-state index in [1.165, 1.54) is 0 Å². The molecule has 1 aromatic heterocycles. The Morgan fingerprint density at radius 1 is 0.720 bits per heavy atom. The molecule has 0 saturated heterocycles. The maximum atomic E-state index is 12.3. The Labute approximate surface area is 146 Å². The van der Waals surface area contributed by atoms with Crippen LogP contribution in [0.3, 0.4) is 0 Å². The van der Waals surface area contributed by atoms with Gasteiger partial charge in [-0.15, -0.1) is 0 Å². The Hall–Kier alpha value is -3.26. The van der Waals surface area contributed by atoms with Gasteiger partial charge < -0.3 is 0 Å². The van der Waals surface area contributed by atoms with Crippen molar-refractivity contribution in [3.8, 4) is 22.5 Å². The predicted molar refractivity (Wildman–Crippen MR) is 101 cm³/mol. The third-order valence-corrected chi connectivity index (χ3v) is 4.23. The summed E-state index contributed by atoms with van der Waals surface area (Å²) in [5.74, 6) is 1.44. The molecule has 0 aliphatic heterocycles. The first-order valence-electron chi connectivity index (χ1n) is 8.31. The van der Waals surface area contributed by atoms with Crippen LogP contribution in [0.4, 0.5) is 0 Å². The lowest BCUT2D eigenvalue weighted by Crippen LogP contribution is -2.03. The molecular weight excluding hydrogens is 308 g/mol. The second-order valence-corrected chi connectivity index (χ2v) is 5.94. The van der Waals surface area contributed by atoms with Crippen LogP contribution in [0.5, 0.6) is 0 Å². The summed E-state index contributed by atoms with van der Waals surface area (Å²) >= 11 is 0. The number of hydrogen-bond acceptors (Lipinski definition) is 1. The minimum absolute atomic E-state index is 0.0791. The highest BCUT2D eigenvalue weighted by atomic mass is 16.3. The summed E-state index contributed by atoms with van der Waals surface area (Å²) in [6, 6.07) is 24.1. The number of rotatable bonds is 3. The molecule has 0 bridgehead atoms. The van der Waals surface area contributed by atoms with Crippen LogP contribution in [-0.2, 0) is 4.79 Å². The van der Waals surface area contributed by atoms with Gasteiger partial charge in [0.2, 0.25) is 0 Å². The van der Waals surface area contributed by atoms with Crippen LogP contribution in [0.25, 0.3) is 28.0 Å². The SMILES string of the molecule is O=C1CC=CC=C1c1cc(-c2ccccc2)cc(-c2ccccc2)[o+]1. The molecule has 0 amide bonds. The molecule has 25 heavy (non-hydrogen) atoms. The molecule has 0 radical (unpaired) electrons. The molecule has 0 atom stereocenters. The molecule has 0 saturated carbocycles. The van der Waals surface area contributed by atoms with Gasteiger partial charge in [0.05, 0.1) is 17.7 Å². The molecule has 1 aliphatic carbocycles. The highest BCUT2D eigenvalue weighted by molar-refractivity contribution is 6.21. The van der Waals surface area contributed by atoms with Crippen molar-refractivity contribution in [1.82, 2.24) is 0 Å². The monoisotopic (exact) mass is 325 g/mol. The summed E-state index contributed by atoms with van der Waals surface area (Å²) in [4.78, 5) is 12.3. The van der Waals surface area contributed by atoms with Gasteiger partial charge in [0.25, 0.3) is 0 Å². The number of carbonyl (C=O) groups excluding carboxylic acids is 1. The highest BCUT2D eigenvalue weighted by Gasteiger charge is 2.26. The second kappa shape index (κ2) is 6.70. The number of hydrogen-bond donors (Lipinski definition) is 0. The molecule has 0 spiro atoms. The Bertz CT molecular complexity index is 910. The molecule has 120 valence electrons. The molecular formula is C23H17O2+. The number of Topliss-reactive ketones (excluding diaryl/α,β-unsaturated/α-hetero) is 1. The maximum Gasteiger partial charge on any atom is 0.365 e. The molecule has 0 unspecified atom stereocenters. The van der Waals surface area contributed by atoms with E-state index in [2.05, 4.69) is 12.1 Å². The summed E-state index contributed by atoms with van der Waals surface area (Å²) < 4.78 is 6.11. The summed E-state index contributed by atoms with van der Waals surface area (Å²) in [5, 5.41) is 0. The van der Waals surface area contributed by atoms with Crippen LogP contribution >= 0.6 is 0 Å². The summed E-state index contributed by atoms with van der Waals surface area (Å²) in [5.41, 5.74) is 3.73. The van der Waals surface area contributed by atoms with Crippen molar-refractivity contribution < 1.29 is 9.21 Å². The van der Waals surface area contributed by atoms with Crippen LogP contribution in [0.15, 0.2) is 95.4 Å². The Balaban J connectivity index is 1.91. The average molecular weight is 325 g/mol. The second-order valence-electron chi connectivity index (χ2n) is 5.94. The van der Waals surface area contributed by atoms with E-state index in [4.69, 9.17) is 4.42 Å². The summed E-state index contributed by atoms with van der Waals surface area (Å²) in [7, 11) is 0. The first-order chi connectivity index (χ1) is 12.3. The zero-order chi connectivity index (χ0) is 17.1. The smallest absolute Gasteiger partial charge is 0.293 e. The van der Waals surface area contributed by atoms with E-state index in [0.717, 1.165) is 22.5 Å². The van der Waals surface area contributed by atoms with Gasteiger partial charge in [-0.3, -0.25) is 4.79 Å². The summed E-state index contributed by atoms with van der Waals surface area (Å²) in [6.45, 7) is 0. The Morgan fingerprint density at radius 2 is 1.36 bits per heavy atom. The van der Waals surface area contributed by atoms with Gasteiger partial charge in [0, 0.05) is 12.0 Å². The molecule has 1 aliphatic rings. The molecule has 4 rings (SSSR count). The highest BCUT2D eigenvalue weighted by Crippen LogP contribution is 2.32. The first kappa shape index (κ1) is 15.3. The van der Waals surface area contributed by atoms with E-state index < -0.39 is 0 Å². The van der Waals surface area contributed by atoms with Crippen molar-refractivity contribution >= 4 is 11.4 Å². The molecule has 2 aromatic carbocycles. The molecule has 2 heteroatoms. The third-order valence-electron chi connectivity index (χ3n) is 4.23. The van der Waals surface area contributed by atoms with Gasteiger partial charge in [0.15, 0.2) is 5.78 Å². The minimum atomic E-state index is 0.0791. The number of carbonyl (C=O) groups is 1. The zero-order valence-electron chi connectivity index (χ0n) is 13.7. The minimum Gasteiger partial charge on any atom is -0.293 e. The first-order valence-corrected chi connectivity index (χ1v) is 8.31. The van der Waals surface area contributed by atoms with Gasteiger partial charge in [-0.05, 0) is 23.8 Å². The van der Waals surface area contributed by atoms with Gasteiger partial charge in [0.1, 0.15) is 5.57 Å². The molecule has 3 aromatic rings. The Morgan fingerprint density at radius 3 is 2.04 bits per heavy atom. The van der Waals surface area contributed by atoms with Gasteiger partial charge >= 0.3 is 11.5 Å². The quantitative estimate of drug-likeness (QED) is 0.569. The van der Waals surface area contributed by atoms with Gasteiger partial charge in [-0.1, -0.05) is 60.7 Å². The van der Waals surface area contributed by atoms with Crippen LogP contribution in [0, 0.1) is 0 Å². The van der Waals surface area contributed by atoms with E-state index in [-0.39, 0.29) is 5.78 Å². The van der Waals surface area contributed by atoms with Crippen molar-refractivity contribution in [3.05, 3.63) is 96.8 Å². The Kier molecular flexibility index (Phi) is 4.09. The summed E-state index contributed by atoms with van der Waals surface area (Å²) in [6.07, 6.45) is 6.01.